The molecule has 1 saturated carbocycles. The van der Waals surface area contributed by atoms with E-state index < -0.39 is 50.3 Å². The van der Waals surface area contributed by atoms with Gasteiger partial charge in [0.2, 0.25) is 0 Å². The predicted molar refractivity (Wildman–Crippen MR) is 194 cm³/mol. The first-order valence-electron chi connectivity index (χ1n) is 15.8. The van der Waals surface area contributed by atoms with Crippen molar-refractivity contribution in [2.45, 2.75) is 59.1 Å². The normalized spacial score (nSPS) is 15.4. The number of benzene rings is 4. The van der Waals surface area contributed by atoms with Gasteiger partial charge in [-0.15, -0.1) is 0 Å². The van der Waals surface area contributed by atoms with Gasteiger partial charge in [0.1, 0.15) is 31.0 Å². The highest BCUT2D eigenvalue weighted by Gasteiger charge is 2.27. The first kappa shape index (κ1) is 40.0. The minimum Gasteiger partial charge on any atom is -0.493 e. The van der Waals surface area contributed by atoms with E-state index in [0.29, 0.717) is 12.8 Å². The molecule has 1 aliphatic carbocycles. The van der Waals surface area contributed by atoms with Crippen LogP contribution in [0.3, 0.4) is 0 Å². The highest BCUT2D eigenvalue weighted by atomic mass is 32.2. The molecule has 0 aliphatic heterocycles. The lowest BCUT2D eigenvalue weighted by Gasteiger charge is -2.15. The van der Waals surface area contributed by atoms with E-state index in [1.165, 1.54) is 38.5 Å². The molecule has 54 heavy (non-hydrogen) atoms. The van der Waals surface area contributed by atoms with Crippen LogP contribution in [-0.4, -0.2) is 59.3 Å². The van der Waals surface area contributed by atoms with Crippen LogP contribution >= 0.6 is 0 Å². The van der Waals surface area contributed by atoms with Crippen LogP contribution in [0.1, 0.15) is 36.8 Å². The van der Waals surface area contributed by atoms with Crippen LogP contribution in [0.4, 0.5) is 0 Å². The Morgan fingerprint density at radius 1 is 0.444 bits per heavy atom. The molecule has 288 valence electrons. The average molecular weight is 823 g/mol. The van der Waals surface area contributed by atoms with Gasteiger partial charge in [-0.05, 0) is 88.1 Å². The van der Waals surface area contributed by atoms with E-state index in [1.54, 1.807) is 38.1 Å². The molecule has 0 heterocycles. The van der Waals surface area contributed by atoms with Gasteiger partial charge in [0.15, 0.2) is 23.0 Å². The zero-order chi connectivity index (χ0) is 39.3. The SMILES string of the molecule is COc1cc(S(=O)(=O)ON=C2CCCCC2=NOS(=O)(=O)c2ccc(OS(=O)(=O)c3ccc(C)cc3)c(OC)c2)ccc1OS(=O)(=O)c1ccc(C)cc1. The van der Waals surface area contributed by atoms with E-state index in [9.17, 15) is 33.7 Å². The highest BCUT2D eigenvalue weighted by Crippen LogP contribution is 2.34. The smallest absolute Gasteiger partial charge is 0.358 e. The van der Waals surface area contributed by atoms with Crippen LogP contribution in [0.15, 0.2) is 115 Å². The summed E-state index contributed by atoms with van der Waals surface area (Å²) in [5.74, 6) is -1.03. The molecule has 20 heteroatoms. The Morgan fingerprint density at radius 2 is 0.778 bits per heavy atom. The zero-order valence-corrected chi connectivity index (χ0v) is 32.4. The van der Waals surface area contributed by atoms with Crippen LogP contribution in [0.2, 0.25) is 0 Å². The van der Waals surface area contributed by atoms with Crippen LogP contribution in [-0.2, 0) is 49.0 Å². The van der Waals surface area contributed by atoms with Gasteiger partial charge in [0, 0.05) is 12.1 Å². The van der Waals surface area contributed by atoms with Crippen LogP contribution in [0.5, 0.6) is 23.0 Å². The van der Waals surface area contributed by atoms with E-state index in [0.717, 1.165) is 47.5 Å². The maximum Gasteiger partial charge on any atom is 0.358 e. The van der Waals surface area contributed by atoms with Crippen molar-refractivity contribution >= 4 is 51.9 Å². The van der Waals surface area contributed by atoms with E-state index in [4.69, 9.17) is 26.4 Å². The third kappa shape index (κ3) is 9.48. The third-order valence-electron chi connectivity index (χ3n) is 7.77. The predicted octanol–water partition coefficient (Wildman–Crippen LogP) is 5.25. The van der Waals surface area contributed by atoms with Crippen molar-refractivity contribution in [2.75, 3.05) is 14.2 Å². The number of hydrogen-bond donors (Lipinski definition) is 0. The molecule has 0 bridgehead atoms. The van der Waals surface area contributed by atoms with Gasteiger partial charge in [-0.2, -0.15) is 33.7 Å². The topological polar surface area (TPSA) is 217 Å². The third-order valence-corrected chi connectivity index (χ3v) is 12.5. The fourth-order valence-corrected chi connectivity index (χ4v) is 8.23. The minimum absolute atomic E-state index is 0.00113. The standard InChI is InChI=1S/C34H34N2O14S4/c1-23-9-13-25(14-10-23)51(37,38)47-31-19-17-27(21-33(31)45-3)53(41,42)49-35-29-7-5-6-8-30(29)36-50-54(43,44)28-18-20-32(34(22-28)46-4)48-52(39,40)26-15-11-24(2)12-16-26/h9-22H,5-8H2,1-4H3. The minimum atomic E-state index is -4.62. The summed E-state index contributed by atoms with van der Waals surface area (Å²) in [6.45, 7) is 3.58. The Labute approximate surface area is 313 Å². The zero-order valence-electron chi connectivity index (χ0n) is 29.2. The molecule has 0 radical (unpaired) electrons. The molecule has 0 saturated heterocycles. The number of aryl methyl sites for hydroxylation is 2. The van der Waals surface area contributed by atoms with Crippen molar-refractivity contribution in [3.05, 3.63) is 96.1 Å². The largest absolute Gasteiger partial charge is 0.493 e. The van der Waals surface area contributed by atoms with Crippen molar-refractivity contribution in [3.8, 4) is 23.0 Å². The number of hydrogen-bond acceptors (Lipinski definition) is 16. The fraction of sp³-hybridized carbons (Fsp3) is 0.235. The molecule has 16 nitrogen and oxygen atoms in total. The van der Waals surface area contributed by atoms with Gasteiger partial charge < -0.3 is 17.8 Å². The molecule has 0 aromatic heterocycles. The van der Waals surface area contributed by atoms with Gasteiger partial charge in [0.05, 0.1) is 14.2 Å². The molecule has 1 fully saturated rings. The van der Waals surface area contributed by atoms with Gasteiger partial charge in [-0.25, -0.2) is 0 Å². The van der Waals surface area contributed by atoms with E-state index in [1.807, 2.05) is 0 Å². The summed E-state index contributed by atoms with van der Waals surface area (Å²) in [6.07, 6.45) is 1.43. The van der Waals surface area contributed by atoms with Crippen molar-refractivity contribution < 1.29 is 60.1 Å². The summed E-state index contributed by atoms with van der Waals surface area (Å²) >= 11 is 0. The second kappa shape index (κ2) is 16.0. The Balaban J connectivity index is 1.31. The van der Waals surface area contributed by atoms with Gasteiger partial charge in [-0.1, -0.05) is 45.7 Å². The molecule has 4 aromatic rings. The molecule has 4 aromatic carbocycles. The second-order valence-corrected chi connectivity index (χ2v) is 17.8. The van der Waals surface area contributed by atoms with Crippen LogP contribution < -0.4 is 17.8 Å². The first-order chi connectivity index (χ1) is 25.4. The summed E-state index contributed by atoms with van der Waals surface area (Å²) < 4.78 is 134. The molecular formula is C34H34N2O14S4. The lowest BCUT2D eigenvalue weighted by Crippen LogP contribution is -2.21. The molecular weight excluding hydrogens is 789 g/mol. The van der Waals surface area contributed by atoms with E-state index >= 15 is 0 Å². The molecule has 5 rings (SSSR count). The molecule has 0 unspecified atom stereocenters. The lowest BCUT2D eigenvalue weighted by molar-refractivity contribution is 0.330. The van der Waals surface area contributed by atoms with Crippen molar-refractivity contribution in [3.63, 3.8) is 0 Å². The number of oxime groups is 2. The van der Waals surface area contributed by atoms with Gasteiger partial charge in [-0.3, -0.25) is 8.57 Å². The Morgan fingerprint density at radius 3 is 1.11 bits per heavy atom. The average Bonchev–Trinajstić information content (AvgIpc) is 3.13. The maximum atomic E-state index is 13.1. The summed E-state index contributed by atoms with van der Waals surface area (Å²) in [4.78, 5) is -1.15. The Kier molecular flexibility index (Phi) is 11.9. The van der Waals surface area contributed by atoms with Crippen molar-refractivity contribution in [1.82, 2.24) is 0 Å². The summed E-state index contributed by atoms with van der Waals surface area (Å²) in [6, 6.07) is 18.0. The van der Waals surface area contributed by atoms with Crippen LogP contribution in [0.25, 0.3) is 0 Å². The summed E-state index contributed by atoms with van der Waals surface area (Å²) in [5, 5.41) is 7.47. The van der Waals surface area contributed by atoms with Crippen LogP contribution in [0, 0.1) is 13.8 Å². The fourth-order valence-electron chi connectivity index (χ4n) is 4.83. The number of ether oxygens (including phenoxy) is 2. The molecule has 0 N–H and O–H groups in total. The quantitative estimate of drug-likeness (QED) is 0.117. The van der Waals surface area contributed by atoms with Gasteiger partial charge >= 0.3 is 40.5 Å². The lowest BCUT2D eigenvalue weighted by atomic mass is 9.97. The number of methoxy groups -OCH3 is 2. The highest BCUT2D eigenvalue weighted by molar-refractivity contribution is 7.87. The summed E-state index contributed by atoms with van der Waals surface area (Å²) in [7, 11) is -15.4. The maximum absolute atomic E-state index is 13.1. The molecule has 1 aliphatic rings. The second-order valence-electron chi connectivity index (χ2n) is 11.7. The van der Waals surface area contributed by atoms with Crippen molar-refractivity contribution in [2.24, 2.45) is 10.3 Å². The monoisotopic (exact) mass is 822 g/mol. The molecule has 0 spiro atoms. The van der Waals surface area contributed by atoms with E-state index in [-0.39, 0.29) is 57.1 Å². The van der Waals surface area contributed by atoms with Crippen molar-refractivity contribution in [1.29, 1.82) is 0 Å². The molecule has 0 atom stereocenters. The van der Waals surface area contributed by atoms with E-state index in [2.05, 4.69) is 10.3 Å². The van der Waals surface area contributed by atoms with Gasteiger partial charge in [0.25, 0.3) is 0 Å². The number of nitrogens with zero attached hydrogens (tertiary/aromatic N) is 2. The molecule has 0 amide bonds. The number of rotatable bonds is 14. The Bertz CT molecular complexity index is 2360. The Hall–Kier alpha value is -5.18. The summed E-state index contributed by atoms with van der Waals surface area (Å²) in [5.41, 5.74) is 1.66. The first-order valence-corrected chi connectivity index (χ1v) is 21.5.